The van der Waals surface area contributed by atoms with Crippen molar-refractivity contribution in [1.82, 2.24) is 10.3 Å². The largest absolute Gasteiger partial charge is 0.350 e. The number of rotatable bonds is 4. The van der Waals surface area contributed by atoms with Crippen LogP contribution >= 0.6 is 0 Å². The average molecular weight is 236 g/mol. The molecule has 1 saturated carbocycles. The van der Waals surface area contributed by atoms with E-state index in [2.05, 4.69) is 24.1 Å². The Morgan fingerprint density at radius 1 is 1.53 bits per heavy atom. The monoisotopic (exact) mass is 236 g/mol. The summed E-state index contributed by atoms with van der Waals surface area (Å²) in [5.41, 5.74) is 0.396. The van der Waals surface area contributed by atoms with Gasteiger partial charge in [-0.2, -0.15) is 4.39 Å². The SMILES string of the molecule is CC(C)C1(CNC(=O)c2cccc(F)n2)CC1. The summed E-state index contributed by atoms with van der Waals surface area (Å²) < 4.78 is 12.9. The molecule has 0 spiro atoms. The van der Waals surface area contributed by atoms with Crippen LogP contribution < -0.4 is 5.32 Å². The molecule has 3 nitrogen and oxygen atoms in total. The highest BCUT2D eigenvalue weighted by atomic mass is 19.1. The van der Waals surface area contributed by atoms with Gasteiger partial charge in [-0.1, -0.05) is 19.9 Å². The summed E-state index contributed by atoms with van der Waals surface area (Å²) in [4.78, 5) is 15.3. The van der Waals surface area contributed by atoms with Gasteiger partial charge in [-0.3, -0.25) is 4.79 Å². The molecule has 4 heteroatoms. The highest BCUT2D eigenvalue weighted by Gasteiger charge is 2.45. The van der Waals surface area contributed by atoms with Gasteiger partial charge >= 0.3 is 0 Å². The maximum atomic E-state index is 12.9. The minimum Gasteiger partial charge on any atom is -0.350 e. The number of hydrogen-bond donors (Lipinski definition) is 1. The second-order valence-electron chi connectivity index (χ2n) is 5.05. The van der Waals surface area contributed by atoms with Gasteiger partial charge in [-0.15, -0.1) is 0 Å². The Morgan fingerprint density at radius 3 is 2.76 bits per heavy atom. The Hall–Kier alpha value is -1.45. The van der Waals surface area contributed by atoms with Crippen LogP contribution in [0.1, 0.15) is 37.2 Å². The number of amides is 1. The van der Waals surface area contributed by atoms with Crippen LogP contribution in [0.5, 0.6) is 0 Å². The number of halogens is 1. The van der Waals surface area contributed by atoms with E-state index in [9.17, 15) is 9.18 Å². The molecule has 0 atom stereocenters. The number of carbonyl (C=O) groups excluding carboxylic acids is 1. The quantitative estimate of drug-likeness (QED) is 0.815. The zero-order valence-electron chi connectivity index (χ0n) is 10.2. The highest BCUT2D eigenvalue weighted by molar-refractivity contribution is 5.92. The van der Waals surface area contributed by atoms with Gasteiger partial charge in [-0.05, 0) is 36.3 Å². The Morgan fingerprint density at radius 2 is 2.24 bits per heavy atom. The molecule has 2 rings (SSSR count). The molecular weight excluding hydrogens is 219 g/mol. The predicted molar refractivity (Wildman–Crippen MR) is 63.0 cm³/mol. The van der Waals surface area contributed by atoms with Crippen molar-refractivity contribution in [2.24, 2.45) is 11.3 Å². The van der Waals surface area contributed by atoms with Crippen LogP contribution in [0.25, 0.3) is 0 Å². The van der Waals surface area contributed by atoms with E-state index in [0.717, 1.165) is 12.8 Å². The van der Waals surface area contributed by atoms with Crippen molar-refractivity contribution in [3.05, 3.63) is 29.8 Å². The molecule has 0 unspecified atom stereocenters. The van der Waals surface area contributed by atoms with Crippen LogP contribution in [-0.4, -0.2) is 17.4 Å². The maximum absolute atomic E-state index is 12.9. The van der Waals surface area contributed by atoms with Crippen LogP contribution in [0.4, 0.5) is 4.39 Å². The van der Waals surface area contributed by atoms with E-state index in [1.165, 1.54) is 18.2 Å². The van der Waals surface area contributed by atoms with E-state index < -0.39 is 5.95 Å². The summed E-state index contributed by atoms with van der Waals surface area (Å²) in [5.74, 6) is -0.359. The average Bonchev–Trinajstić information content (AvgIpc) is 3.07. The first-order valence-electron chi connectivity index (χ1n) is 5.94. The minimum absolute atomic E-state index is 0.143. The zero-order valence-corrected chi connectivity index (χ0v) is 10.2. The fourth-order valence-corrected chi connectivity index (χ4v) is 2.00. The van der Waals surface area contributed by atoms with Gasteiger partial charge in [0.25, 0.3) is 5.91 Å². The lowest BCUT2D eigenvalue weighted by Crippen LogP contribution is -2.33. The predicted octanol–water partition coefficient (Wildman–Crippen LogP) is 2.39. The summed E-state index contributed by atoms with van der Waals surface area (Å²) in [6, 6.07) is 4.24. The van der Waals surface area contributed by atoms with Gasteiger partial charge in [0.15, 0.2) is 0 Å². The van der Waals surface area contributed by atoms with Crippen molar-refractivity contribution in [2.75, 3.05) is 6.54 Å². The Labute approximate surface area is 100 Å². The van der Waals surface area contributed by atoms with Crippen LogP contribution in [0.3, 0.4) is 0 Å². The number of pyridine rings is 1. The van der Waals surface area contributed by atoms with Gasteiger partial charge in [0.05, 0.1) is 0 Å². The summed E-state index contributed by atoms with van der Waals surface area (Å²) in [7, 11) is 0. The molecule has 1 aliphatic carbocycles. The molecule has 92 valence electrons. The molecule has 1 fully saturated rings. The molecule has 1 N–H and O–H groups in total. The Kier molecular flexibility index (Phi) is 3.13. The molecule has 17 heavy (non-hydrogen) atoms. The minimum atomic E-state index is -0.623. The third-order valence-electron chi connectivity index (χ3n) is 3.67. The summed E-state index contributed by atoms with van der Waals surface area (Å²) in [5, 5.41) is 2.84. The third kappa shape index (κ3) is 2.62. The van der Waals surface area contributed by atoms with Crippen molar-refractivity contribution < 1.29 is 9.18 Å². The molecule has 0 radical (unpaired) electrons. The number of hydrogen-bond acceptors (Lipinski definition) is 2. The van der Waals surface area contributed by atoms with E-state index in [1.807, 2.05) is 0 Å². The van der Waals surface area contributed by atoms with Gasteiger partial charge < -0.3 is 5.32 Å². The van der Waals surface area contributed by atoms with Crippen LogP contribution in [0, 0.1) is 17.3 Å². The lowest BCUT2D eigenvalue weighted by Gasteiger charge is -2.19. The number of nitrogens with one attached hydrogen (secondary N) is 1. The maximum Gasteiger partial charge on any atom is 0.270 e. The lowest BCUT2D eigenvalue weighted by atomic mass is 9.92. The fraction of sp³-hybridized carbons (Fsp3) is 0.538. The first-order valence-corrected chi connectivity index (χ1v) is 5.94. The van der Waals surface area contributed by atoms with Gasteiger partial charge in [0.2, 0.25) is 5.95 Å². The smallest absolute Gasteiger partial charge is 0.270 e. The summed E-state index contributed by atoms with van der Waals surface area (Å²) >= 11 is 0. The Balaban J connectivity index is 1.94. The van der Waals surface area contributed by atoms with Crippen LogP contribution in [0.2, 0.25) is 0 Å². The van der Waals surface area contributed by atoms with Crippen molar-refractivity contribution in [3.63, 3.8) is 0 Å². The van der Waals surface area contributed by atoms with Gasteiger partial charge in [0.1, 0.15) is 5.69 Å². The normalized spacial score (nSPS) is 16.9. The zero-order chi connectivity index (χ0) is 12.5. The fourth-order valence-electron chi connectivity index (χ4n) is 2.00. The molecule has 0 aromatic carbocycles. The van der Waals surface area contributed by atoms with Crippen LogP contribution in [-0.2, 0) is 0 Å². The van der Waals surface area contributed by atoms with E-state index in [1.54, 1.807) is 0 Å². The summed E-state index contributed by atoms with van der Waals surface area (Å²) in [6.07, 6.45) is 2.31. The first kappa shape index (κ1) is 12.0. The molecule has 0 bridgehead atoms. The number of aromatic nitrogens is 1. The van der Waals surface area contributed by atoms with Gasteiger partial charge in [-0.25, -0.2) is 4.98 Å². The highest BCUT2D eigenvalue weighted by Crippen LogP contribution is 2.51. The second kappa shape index (κ2) is 4.43. The van der Waals surface area contributed by atoms with Crippen molar-refractivity contribution in [1.29, 1.82) is 0 Å². The lowest BCUT2D eigenvalue weighted by molar-refractivity contribution is 0.0933. The molecule has 1 aromatic heterocycles. The third-order valence-corrected chi connectivity index (χ3v) is 3.67. The van der Waals surface area contributed by atoms with E-state index in [4.69, 9.17) is 0 Å². The topological polar surface area (TPSA) is 42.0 Å². The van der Waals surface area contributed by atoms with E-state index in [-0.39, 0.29) is 17.0 Å². The molecular formula is C13H17FN2O. The molecule has 1 aliphatic rings. The molecule has 0 saturated heterocycles. The number of nitrogens with zero attached hydrogens (tertiary/aromatic N) is 1. The molecule has 1 aromatic rings. The van der Waals surface area contributed by atoms with Crippen molar-refractivity contribution in [3.8, 4) is 0 Å². The summed E-state index contributed by atoms with van der Waals surface area (Å²) in [6.45, 7) is 4.99. The first-order chi connectivity index (χ1) is 8.03. The van der Waals surface area contributed by atoms with E-state index in [0.29, 0.717) is 12.5 Å². The van der Waals surface area contributed by atoms with Crippen molar-refractivity contribution in [2.45, 2.75) is 26.7 Å². The number of carbonyl (C=O) groups is 1. The molecule has 1 amide bonds. The van der Waals surface area contributed by atoms with Gasteiger partial charge in [0, 0.05) is 6.54 Å². The van der Waals surface area contributed by atoms with E-state index >= 15 is 0 Å². The second-order valence-corrected chi connectivity index (χ2v) is 5.05. The Bertz CT molecular complexity index is 427. The van der Waals surface area contributed by atoms with Crippen LogP contribution in [0.15, 0.2) is 18.2 Å². The van der Waals surface area contributed by atoms with Crippen molar-refractivity contribution >= 4 is 5.91 Å². The molecule has 0 aliphatic heterocycles. The molecule has 1 heterocycles. The standard InChI is InChI=1S/C13H17FN2O/c1-9(2)13(6-7-13)8-15-12(17)10-4-3-5-11(14)16-10/h3-5,9H,6-8H2,1-2H3,(H,15,17).